The Kier molecular flexibility index (Phi) is 1.99. The van der Waals surface area contributed by atoms with E-state index in [1.807, 2.05) is 0 Å². The minimum Gasteiger partial charge on any atom is -0.396 e. The summed E-state index contributed by atoms with van der Waals surface area (Å²) in [5.41, 5.74) is 11.7. The molecular formula is C10H16N4O. The number of nitrogens with zero attached hydrogens (tertiary/aromatic N) is 2. The largest absolute Gasteiger partial charge is 0.396 e. The Morgan fingerprint density at radius 2 is 2.33 bits per heavy atom. The molecule has 0 spiro atoms. The number of carbonyl (C=O) groups excluding carboxylic acids is 1. The maximum atomic E-state index is 10.9. The normalized spacial score (nSPS) is 22.7. The molecular weight excluding hydrogens is 192 g/mol. The van der Waals surface area contributed by atoms with Gasteiger partial charge in [-0.25, -0.2) is 0 Å². The molecule has 4 N–H and O–H groups in total. The third-order valence-electron chi connectivity index (χ3n) is 3.15. The molecule has 0 aliphatic heterocycles. The number of amides is 1. The fraction of sp³-hybridized carbons (Fsp3) is 0.600. The molecule has 0 radical (unpaired) electrons. The van der Waals surface area contributed by atoms with E-state index in [0.29, 0.717) is 17.0 Å². The van der Waals surface area contributed by atoms with Crippen LogP contribution in [0.3, 0.4) is 0 Å². The van der Waals surface area contributed by atoms with Crippen LogP contribution in [0.2, 0.25) is 0 Å². The molecule has 1 aliphatic carbocycles. The van der Waals surface area contributed by atoms with Crippen molar-refractivity contribution in [3.63, 3.8) is 0 Å². The number of nitrogens with two attached hydrogens (primary N) is 2. The van der Waals surface area contributed by atoms with Gasteiger partial charge in [0.05, 0.1) is 5.69 Å². The number of nitrogen functional groups attached to an aromatic ring is 1. The quantitative estimate of drug-likeness (QED) is 0.763. The van der Waals surface area contributed by atoms with Crippen molar-refractivity contribution in [2.45, 2.75) is 26.8 Å². The van der Waals surface area contributed by atoms with E-state index in [4.69, 9.17) is 11.5 Å². The number of aromatic nitrogens is 2. The zero-order chi connectivity index (χ0) is 11.2. The molecule has 2 rings (SSSR count). The van der Waals surface area contributed by atoms with Gasteiger partial charge in [-0.3, -0.25) is 9.48 Å². The maximum absolute atomic E-state index is 10.9. The van der Waals surface area contributed by atoms with Crippen LogP contribution in [-0.4, -0.2) is 15.7 Å². The molecule has 5 nitrogen and oxygen atoms in total. The summed E-state index contributed by atoms with van der Waals surface area (Å²) >= 11 is 0. The van der Waals surface area contributed by atoms with E-state index in [2.05, 4.69) is 18.9 Å². The van der Waals surface area contributed by atoms with Gasteiger partial charge in [0.2, 0.25) is 0 Å². The van der Waals surface area contributed by atoms with E-state index in [0.717, 1.165) is 6.54 Å². The first kappa shape index (κ1) is 10.0. The fourth-order valence-electron chi connectivity index (χ4n) is 1.84. The number of primary amides is 1. The lowest BCUT2D eigenvalue weighted by atomic mass is 10.1. The van der Waals surface area contributed by atoms with Gasteiger partial charge in [0.15, 0.2) is 5.69 Å². The second-order valence-electron chi connectivity index (χ2n) is 4.91. The van der Waals surface area contributed by atoms with Crippen molar-refractivity contribution in [2.24, 2.45) is 17.1 Å². The molecule has 1 aromatic heterocycles. The van der Waals surface area contributed by atoms with Crippen molar-refractivity contribution < 1.29 is 4.79 Å². The molecule has 0 aromatic carbocycles. The molecule has 1 aromatic rings. The standard InChI is InChI=1S/C10H16N4O/c1-10(2)3-6(10)4-14-5-7(11)8(13-14)9(12)15/h5-6H,3-4,11H2,1-2H3,(H2,12,15). The van der Waals surface area contributed by atoms with Gasteiger partial charge < -0.3 is 11.5 Å². The first-order valence-electron chi connectivity index (χ1n) is 5.03. The molecule has 5 heteroatoms. The Hall–Kier alpha value is -1.52. The van der Waals surface area contributed by atoms with E-state index in [1.54, 1.807) is 10.9 Å². The number of carbonyl (C=O) groups is 1. The van der Waals surface area contributed by atoms with Gasteiger partial charge in [-0.2, -0.15) is 5.10 Å². The van der Waals surface area contributed by atoms with Crippen LogP contribution in [0.15, 0.2) is 6.20 Å². The van der Waals surface area contributed by atoms with E-state index >= 15 is 0 Å². The topological polar surface area (TPSA) is 86.9 Å². The van der Waals surface area contributed by atoms with Gasteiger partial charge >= 0.3 is 0 Å². The minimum absolute atomic E-state index is 0.174. The monoisotopic (exact) mass is 208 g/mol. The number of hydrogen-bond donors (Lipinski definition) is 2. The zero-order valence-corrected chi connectivity index (χ0v) is 9.03. The summed E-state index contributed by atoms with van der Waals surface area (Å²) < 4.78 is 1.72. The van der Waals surface area contributed by atoms with Crippen LogP contribution in [-0.2, 0) is 6.54 Å². The fourth-order valence-corrected chi connectivity index (χ4v) is 1.84. The molecule has 1 atom stereocenters. The Balaban J connectivity index is 2.11. The average Bonchev–Trinajstić information content (AvgIpc) is 2.55. The molecule has 1 amide bonds. The number of hydrogen-bond acceptors (Lipinski definition) is 3. The van der Waals surface area contributed by atoms with E-state index < -0.39 is 5.91 Å². The Morgan fingerprint density at radius 3 is 2.73 bits per heavy atom. The van der Waals surface area contributed by atoms with Gasteiger partial charge in [-0.1, -0.05) is 13.8 Å². The van der Waals surface area contributed by atoms with Gasteiger partial charge in [0.1, 0.15) is 0 Å². The maximum Gasteiger partial charge on any atom is 0.271 e. The third kappa shape index (κ3) is 1.82. The van der Waals surface area contributed by atoms with Crippen LogP contribution in [0.1, 0.15) is 30.8 Å². The highest BCUT2D eigenvalue weighted by atomic mass is 16.1. The average molecular weight is 208 g/mol. The van der Waals surface area contributed by atoms with Gasteiger partial charge in [0, 0.05) is 12.7 Å². The lowest BCUT2D eigenvalue weighted by Crippen LogP contribution is -2.14. The van der Waals surface area contributed by atoms with Crippen LogP contribution in [0.4, 0.5) is 5.69 Å². The number of rotatable bonds is 3. The predicted molar refractivity (Wildman–Crippen MR) is 57.0 cm³/mol. The highest BCUT2D eigenvalue weighted by Gasteiger charge is 2.45. The predicted octanol–water partition coefficient (Wildman–Crippen LogP) is 0.610. The van der Waals surface area contributed by atoms with Crippen molar-refractivity contribution in [2.75, 3.05) is 5.73 Å². The molecule has 82 valence electrons. The number of anilines is 1. The van der Waals surface area contributed by atoms with Crippen molar-refractivity contribution >= 4 is 11.6 Å². The van der Waals surface area contributed by atoms with E-state index in [9.17, 15) is 4.79 Å². The highest BCUT2D eigenvalue weighted by Crippen LogP contribution is 2.52. The Morgan fingerprint density at radius 1 is 1.73 bits per heavy atom. The molecule has 1 saturated carbocycles. The van der Waals surface area contributed by atoms with E-state index in [-0.39, 0.29) is 5.69 Å². The van der Waals surface area contributed by atoms with Gasteiger partial charge in [-0.05, 0) is 17.8 Å². The Labute approximate surface area is 88.4 Å². The molecule has 15 heavy (non-hydrogen) atoms. The van der Waals surface area contributed by atoms with Crippen LogP contribution < -0.4 is 11.5 Å². The lowest BCUT2D eigenvalue weighted by Gasteiger charge is -2.02. The summed E-state index contributed by atoms with van der Waals surface area (Å²) in [5.74, 6) is 0.0545. The summed E-state index contributed by atoms with van der Waals surface area (Å²) in [6, 6.07) is 0. The zero-order valence-electron chi connectivity index (χ0n) is 9.03. The summed E-state index contributed by atoms with van der Waals surface area (Å²) in [5, 5.41) is 4.07. The van der Waals surface area contributed by atoms with Crippen LogP contribution in [0.25, 0.3) is 0 Å². The second kappa shape index (κ2) is 2.98. The van der Waals surface area contributed by atoms with E-state index in [1.165, 1.54) is 6.42 Å². The molecule has 1 fully saturated rings. The SMILES string of the molecule is CC1(C)CC1Cn1cc(N)c(C(N)=O)n1. The van der Waals surface area contributed by atoms with Crippen molar-refractivity contribution in [3.05, 3.63) is 11.9 Å². The highest BCUT2D eigenvalue weighted by molar-refractivity contribution is 5.95. The van der Waals surface area contributed by atoms with Crippen molar-refractivity contribution in [1.29, 1.82) is 0 Å². The van der Waals surface area contributed by atoms with Crippen molar-refractivity contribution in [3.8, 4) is 0 Å². The smallest absolute Gasteiger partial charge is 0.271 e. The van der Waals surface area contributed by atoms with Gasteiger partial charge in [-0.15, -0.1) is 0 Å². The Bertz CT molecular complexity index is 408. The summed E-state index contributed by atoms with van der Waals surface area (Å²) in [4.78, 5) is 10.9. The molecule has 1 unspecified atom stereocenters. The van der Waals surface area contributed by atoms with Crippen LogP contribution in [0, 0.1) is 11.3 Å². The molecule has 0 saturated heterocycles. The molecule has 1 aliphatic rings. The first-order valence-corrected chi connectivity index (χ1v) is 5.03. The minimum atomic E-state index is -0.568. The lowest BCUT2D eigenvalue weighted by molar-refractivity contribution is 0.0995. The van der Waals surface area contributed by atoms with Crippen LogP contribution >= 0.6 is 0 Å². The summed E-state index contributed by atoms with van der Waals surface area (Å²) in [6.07, 6.45) is 2.87. The molecule has 0 bridgehead atoms. The second-order valence-corrected chi connectivity index (χ2v) is 4.91. The summed E-state index contributed by atoms with van der Waals surface area (Å²) in [7, 11) is 0. The van der Waals surface area contributed by atoms with Crippen molar-refractivity contribution in [1.82, 2.24) is 9.78 Å². The first-order chi connectivity index (χ1) is 6.90. The van der Waals surface area contributed by atoms with Gasteiger partial charge in [0.25, 0.3) is 5.91 Å². The van der Waals surface area contributed by atoms with Crippen LogP contribution in [0.5, 0.6) is 0 Å². The summed E-state index contributed by atoms with van der Waals surface area (Å²) in [6.45, 7) is 5.25. The third-order valence-corrected chi connectivity index (χ3v) is 3.15. The molecule has 1 heterocycles.